The minimum Gasteiger partial charge on any atom is -0.492 e. The van der Waals surface area contributed by atoms with Gasteiger partial charge in [0.25, 0.3) is 0 Å². The van der Waals surface area contributed by atoms with Gasteiger partial charge in [0.2, 0.25) is 11.6 Å². The molecule has 1 aromatic carbocycles. The summed E-state index contributed by atoms with van der Waals surface area (Å²) in [5.74, 6) is 0.845. The van der Waals surface area contributed by atoms with E-state index >= 15 is 0 Å². The normalized spacial score (nSPS) is 13.7. The summed E-state index contributed by atoms with van der Waals surface area (Å²) in [5, 5.41) is 14.9. The third-order valence-electron chi connectivity index (χ3n) is 4.53. The monoisotopic (exact) mass is 416 g/mol. The Hall–Kier alpha value is -3.63. The molecule has 1 fully saturated rings. The first-order valence-corrected chi connectivity index (χ1v) is 9.70. The van der Waals surface area contributed by atoms with Crippen LogP contribution in [0.15, 0.2) is 30.6 Å². The first kappa shape index (κ1) is 21.1. The smallest absolute Gasteiger partial charge is 0.409 e. The molecule has 11 heteroatoms. The van der Waals surface area contributed by atoms with Crippen LogP contribution in [0.5, 0.6) is 5.75 Å². The molecule has 0 unspecified atom stereocenters. The van der Waals surface area contributed by atoms with E-state index in [4.69, 9.17) is 9.47 Å². The van der Waals surface area contributed by atoms with Gasteiger partial charge in [-0.05, 0) is 26.0 Å². The van der Waals surface area contributed by atoms with Crippen LogP contribution in [-0.4, -0.2) is 65.3 Å². The van der Waals surface area contributed by atoms with E-state index in [-0.39, 0.29) is 23.4 Å². The molecule has 0 atom stereocenters. The topological polar surface area (TPSA) is 123 Å². The molecule has 11 nitrogen and oxygen atoms in total. The van der Waals surface area contributed by atoms with Crippen molar-refractivity contribution in [2.75, 3.05) is 49.6 Å². The van der Waals surface area contributed by atoms with Gasteiger partial charge in [-0.25, -0.2) is 14.8 Å². The lowest BCUT2D eigenvalue weighted by Gasteiger charge is -2.34. The fraction of sp³-hybridized carbons (Fsp3) is 0.421. The maximum absolute atomic E-state index is 11.9. The summed E-state index contributed by atoms with van der Waals surface area (Å²) in [4.78, 5) is 34.9. The van der Waals surface area contributed by atoms with E-state index in [1.807, 2.05) is 13.0 Å². The van der Waals surface area contributed by atoms with Crippen LogP contribution in [0.2, 0.25) is 0 Å². The number of piperazine rings is 1. The molecule has 1 aliphatic rings. The zero-order chi connectivity index (χ0) is 21.5. The highest BCUT2D eigenvalue weighted by Crippen LogP contribution is 2.36. The number of para-hydroxylation sites is 2. The van der Waals surface area contributed by atoms with Gasteiger partial charge in [-0.15, -0.1) is 0 Å². The van der Waals surface area contributed by atoms with E-state index in [1.54, 1.807) is 34.9 Å². The Morgan fingerprint density at radius 3 is 2.57 bits per heavy atom. The number of amides is 1. The van der Waals surface area contributed by atoms with Crippen molar-refractivity contribution in [3.63, 3.8) is 0 Å². The number of nitrogens with one attached hydrogen (secondary N) is 1. The quantitative estimate of drug-likeness (QED) is 0.536. The highest BCUT2D eigenvalue weighted by Gasteiger charge is 2.31. The standard InChI is InChI=1S/C19H24N6O5/c1-3-29-15-8-6-5-7-14(15)22-17-16(25(27)28)18(21-13-20-17)23-9-11-24(12-10-23)19(26)30-4-2/h5-8,13H,3-4,9-12H2,1-2H3,(H,20,21,22). The SMILES string of the molecule is CCOC(=O)N1CCN(c2ncnc(Nc3ccccc3OCC)c2[N+](=O)[O-])CC1. The lowest BCUT2D eigenvalue weighted by Crippen LogP contribution is -2.49. The van der Waals surface area contributed by atoms with Crippen molar-refractivity contribution >= 4 is 29.1 Å². The Balaban J connectivity index is 1.84. The number of rotatable bonds is 7. The molecule has 3 rings (SSSR count). The van der Waals surface area contributed by atoms with Crippen LogP contribution in [-0.2, 0) is 4.74 Å². The Morgan fingerprint density at radius 2 is 1.90 bits per heavy atom. The molecular weight excluding hydrogens is 392 g/mol. The Kier molecular flexibility index (Phi) is 6.83. The van der Waals surface area contributed by atoms with Gasteiger partial charge in [0.15, 0.2) is 0 Å². The van der Waals surface area contributed by atoms with Crippen LogP contribution < -0.4 is 15.0 Å². The summed E-state index contributed by atoms with van der Waals surface area (Å²) < 4.78 is 10.6. The minimum atomic E-state index is -0.501. The second-order valence-corrected chi connectivity index (χ2v) is 6.38. The predicted molar refractivity (Wildman–Crippen MR) is 110 cm³/mol. The maximum atomic E-state index is 11.9. The van der Waals surface area contributed by atoms with Crippen molar-refractivity contribution in [2.45, 2.75) is 13.8 Å². The van der Waals surface area contributed by atoms with Gasteiger partial charge < -0.3 is 24.6 Å². The molecule has 1 aliphatic heterocycles. The molecule has 0 bridgehead atoms. The molecule has 2 aromatic rings. The number of hydrogen-bond donors (Lipinski definition) is 1. The molecule has 0 radical (unpaired) electrons. The van der Waals surface area contributed by atoms with Gasteiger partial charge >= 0.3 is 11.8 Å². The van der Waals surface area contributed by atoms with Crippen LogP contribution in [0.25, 0.3) is 0 Å². The van der Waals surface area contributed by atoms with Crippen molar-refractivity contribution in [1.82, 2.24) is 14.9 Å². The lowest BCUT2D eigenvalue weighted by atomic mass is 10.2. The highest BCUT2D eigenvalue weighted by atomic mass is 16.6. The largest absolute Gasteiger partial charge is 0.492 e. The zero-order valence-corrected chi connectivity index (χ0v) is 16.9. The molecular formula is C19H24N6O5. The number of carbonyl (C=O) groups is 1. The van der Waals surface area contributed by atoms with E-state index in [0.717, 1.165) is 0 Å². The number of ether oxygens (including phenoxy) is 2. The van der Waals surface area contributed by atoms with Gasteiger partial charge in [-0.2, -0.15) is 0 Å². The Bertz CT molecular complexity index is 901. The van der Waals surface area contributed by atoms with Crippen molar-refractivity contribution in [3.8, 4) is 5.75 Å². The van der Waals surface area contributed by atoms with Crippen molar-refractivity contribution in [2.24, 2.45) is 0 Å². The van der Waals surface area contributed by atoms with Crippen molar-refractivity contribution in [3.05, 3.63) is 40.7 Å². The second-order valence-electron chi connectivity index (χ2n) is 6.38. The van der Waals surface area contributed by atoms with Crippen LogP contribution in [0.3, 0.4) is 0 Å². The van der Waals surface area contributed by atoms with Gasteiger partial charge in [0.1, 0.15) is 12.1 Å². The molecule has 1 aromatic heterocycles. The average molecular weight is 416 g/mol. The molecule has 1 saturated heterocycles. The van der Waals surface area contributed by atoms with E-state index in [0.29, 0.717) is 50.8 Å². The molecule has 160 valence electrons. The van der Waals surface area contributed by atoms with Crippen LogP contribution in [0.4, 0.5) is 27.8 Å². The molecule has 1 N–H and O–H groups in total. The number of benzene rings is 1. The molecule has 1 amide bonds. The van der Waals surface area contributed by atoms with Gasteiger partial charge in [-0.3, -0.25) is 10.1 Å². The van der Waals surface area contributed by atoms with Crippen molar-refractivity contribution in [1.29, 1.82) is 0 Å². The zero-order valence-electron chi connectivity index (χ0n) is 16.9. The molecule has 0 spiro atoms. The third kappa shape index (κ3) is 4.67. The molecule has 2 heterocycles. The summed E-state index contributed by atoms with van der Waals surface area (Å²) in [6, 6.07) is 7.15. The molecule has 0 aliphatic carbocycles. The van der Waals surface area contributed by atoms with E-state index in [2.05, 4.69) is 15.3 Å². The Labute approximate surface area is 173 Å². The predicted octanol–water partition coefficient (Wildman–Crippen LogP) is 2.81. The highest BCUT2D eigenvalue weighted by molar-refractivity contribution is 5.76. The fourth-order valence-corrected chi connectivity index (χ4v) is 3.15. The molecule has 30 heavy (non-hydrogen) atoms. The van der Waals surface area contributed by atoms with Gasteiger partial charge in [-0.1, -0.05) is 12.1 Å². The summed E-state index contributed by atoms with van der Waals surface area (Å²) >= 11 is 0. The number of aromatic nitrogens is 2. The van der Waals surface area contributed by atoms with Gasteiger partial charge in [0.05, 0.1) is 23.8 Å². The third-order valence-corrected chi connectivity index (χ3v) is 4.53. The average Bonchev–Trinajstić information content (AvgIpc) is 2.75. The number of carbonyl (C=O) groups excluding carboxylic acids is 1. The second kappa shape index (κ2) is 9.72. The summed E-state index contributed by atoms with van der Waals surface area (Å²) in [5.41, 5.74) is 0.340. The summed E-state index contributed by atoms with van der Waals surface area (Å²) in [6.45, 7) is 5.92. The number of nitro groups is 1. The van der Waals surface area contributed by atoms with E-state index < -0.39 is 4.92 Å². The molecule has 0 saturated carbocycles. The van der Waals surface area contributed by atoms with Crippen molar-refractivity contribution < 1.29 is 19.2 Å². The van der Waals surface area contributed by atoms with Crippen LogP contribution >= 0.6 is 0 Å². The number of anilines is 3. The fourth-order valence-electron chi connectivity index (χ4n) is 3.15. The van der Waals surface area contributed by atoms with Crippen LogP contribution in [0.1, 0.15) is 13.8 Å². The Morgan fingerprint density at radius 1 is 1.17 bits per heavy atom. The number of nitrogens with zero attached hydrogens (tertiary/aromatic N) is 5. The van der Waals surface area contributed by atoms with E-state index in [1.165, 1.54) is 6.33 Å². The first-order valence-electron chi connectivity index (χ1n) is 9.70. The minimum absolute atomic E-state index is 0.0741. The van der Waals surface area contributed by atoms with Gasteiger partial charge in [0, 0.05) is 26.2 Å². The van der Waals surface area contributed by atoms with E-state index in [9.17, 15) is 14.9 Å². The maximum Gasteiger partial charge on any atom is 0.409 e. The first-order chi connectivity index (χ1) is 14.5. The summed E-state index contributed by atoms with van der Waals surface area (Å²) in [7, 11) is 0. The number of hydrogen-bond acceptors (Lipinski definition) is 9. The van der Waals surface area contributed by atoms with Crippen LogP contribution in [0, 0.1) is 10.1 Å². The summed E-state index contributed by atoms with van der Waals surface area (Å²) in [6.07, 6.45) is 0.898. The lowest BCUT2D eigenvalue weighted by molar-refractivity contribution is -0.383.